The molecule has 0 heterocycles. The van der Waals surface area contributed by atoms with Crippen LogP contribution in [0.4, 0.5) is 18.9 Å². The third kappa shape index (κ3) is 3.94. The lowest BCUT2D eigenvalue weighted by Crippen LogP contribution is -2.14. The topological polar surface area (TPSA) is 69.4 Å². The lowest BCUT2D eigenvalue weighted by Gasteiger charge is -2.12. The van der Waals surface area contributed by atoms with E-state index in [2.05, 4.69) is 4.74 Å². The van der Waals surface area contributed by atoms with Crippen molar-refractivity contribution < 1.29 is 27.6 Å². The second-order valence-electron chi connectivity index (χ2n) is 3.58. The standard InChI is InChI=1S/C11H10F3NO4/c1-2-19-10(16)5-7-3-4-8(15(17)18)6-9(7)11(12,13)14/h3-4,6H,2,5H2,1H3. The fourth-order valence-corrected chi connectivity index (χ4v) is 1.46. The maximum atomic E-state index is 12.8. The van der Waals surface area contributed by atoms with E-state index >= 15 is 0 Å². The van der Waals surface area contributed by atoms with Gasteiger partial charge in [-0.05, 0) is 12.5 Å². The normalized spacial score (nSPS) is 11.2. The SMILES string of the molecule is CCOC(=O)Cc1ccc([N+](=O)[O-])cc1C(F)(F)F. The Kier molecular flexibility index (Phi) is 4.47. The van der Waals surface area contributed by atoms with Gasteiger partial charge in [0.15, 0.2) is 0 Å². The Labute approximate surface area is 106 Å². The number of carbonyl (C=O) groups is 1. The monoisotopic (exact) mass is 277 g/mol. The van der Waals surface area contributed by atoms with Crippen LogP contribution in [-0.4, -0.2) is 17.5 Å². The van der Waals surface area contributed by atoms with Gasteiger partial charge in [0.2, 0.25) is 0 Å². The van der Waals surface area contributed by atoms with Gasteiger partial charge in [-0.3, -0.25) is 14.9 Å². The predicted molar refractivity (Wildman–Crippen MR) is 58.4 cm³/mol. The van der Waals surface area contributed by atoms with Crippen LogP contribution in [0.5, 0.6) is 0 Å². The van der Waals surface area contributed by atoms with Crippen LogP contribution in [0.3, 0.4) is 0 Å². The van der Waals surface area contributed by atoms with Crippen molar-refractivity contribution in [1.29, 1.82) is 0 Å². The first-order valence-electron chi connectivity index (χ1n) is 5.25. The van der Waals surface area contributed by atoms with Crippen molar-refractivity contribution in [3.63, 3.8) is 0 Å². The number of hydrogen-bond donors (Lipinski definition) is 0. The van der Waals surface area contributed by atoms with Gasteiger partial charge in [-0.1, -0.05) is 6.07 Å². The Morgan fingerprint density at radius 2 is 2.05 bits per heavy atom. The van der Waals surface area contributed by atoms with E-state index in [0.29, 0.717) is 6.07 Å². The molecule has 8 heteroatoms. The fourth-order valence-electron chi connectivity index (χ4n) is 1.46. The summed E-state index contributed by atoms with van der Waals surface area (Å²) in [7, 11) is 0. The number of alkyl halides is 3. The van der Waals surface area contributed by atoms with Crippen molar-refractivity contribution in [2.75, 3.05) is 6.61 Å². The molecule has 0 atom stereocenters. The molecule has 0 unspecified atom stereocenters. The number of rotatable bonds is 4. The minimum absolute atomic E-state index is 0.0488. The van der Waals surface area contributed by atoms with Gasteiger partial charge < -0.3 is 4.74 Å². The number of nitro groups is 1. The van der Waals surface area contributed by atoms with Crippen LogP contribution >= 0.6 is 0 Å². The Morgan fingerprint density at radius 3 is 2.53 bits per heavy atom. The molecule has 1 rings (SSSR count). The summed E-state index contributed by atoms with van der Waals surface area (Å²) in [5.41, 5.74) is -2.23. The molecular formula is C11H10F3NO4. The Balaban J connectivity index is 3.17. The molecule has 104 valence electrons. The van der Waals surface area contributed by atoms with E-state index in [9.17, 15) is 28.1 Å². The fraction of sp³-hybridized carbons (Fsp3) is 0.364. The number of non-ortho nitro benzene ring substituents is 1. The Bertz CT molecular complexity index is 499. The molecular weight excluding hydrogens is 267 g/mol. The molecule has 0 bridgehead atoms. The largest absolute Gasteiger partial charge is 0.466 e. The molecule has 0 amide bonds. The number of carbonyl (C=O) groups excluding carboxylic acids is 1. The molecule has 0 radical (unpaired) electrons. The third-order valence-electron chi connectivity index (χ3n) is 2.25. The summed E-state index contributed by atoms with van der Waals surface area (Å²) in [6.07, 6.45) is -5.35. The van der Waals surface area contributed by atoms with E-state index < -0.39 is 34.7 Å². The minimum atomic E-state index is -4.77. The molecule has 19 heavy (non-hydrogen) atoms. The molecule has 1 aromatic rings. The van der Waals surface area contributed by atoms with Crippen molar-refractivity contribution in [2.24, 2.45) is 0 Å². The lowest BCUT2D eigenvalue weighted by atomic mass is 10.0. The summed E-state index contributed by atoms with van der Waals surface area (Å²) in [5, 5.41) is 10.5. The van der Waals surface area contributed by atoms with E-state index in [-0.39, 0.29) is 12.2 Å². The van der Waals surface area contributed by atoms with Crippen molar-refractivity contribution in [1.82, 2.24) is 0 Å². The van der Waals surface area contributed by atoms with Gasteiger partial charge in [-0.25, -0.2) is 0 Å². The number of benzene rings is 1. The van der Waals surface area contributed by atoms with Crippen LogP contribution in [0.1, 0.15) is 18.1 Å². The zero-order chi connectivity index (χ0) is 14.6. The maximum absolute atomic E-state index is 12.8. The van der Waals surface area contributed by atoms with Gasteiger partial charge >= 0.3 is 12.1 Å². The van der Waals surface area contributed by atoms with Crippen LogP contribution in [0.25, 0.3) is 0 Å². The highest BCUT2D eigenvalue weighted by Crippen LogP contribution is 2.34. The molecule has 0 saturated heterocycles. The molecule has 0 saturated carbocycles. The second-order valence-corrected chi connectivity index (χ2v) is 3.58. The van der Waals surface area contributed by atoms with Crippen molar-refractivity contribution in [2.45, 2.75) is 19.5 Å². The zero-order valence-electron chi connectivity index (χ0n) is 9.86. The first-order chi connectivity index (χ1) is 8.75. The summed E-state index contributed by atoms with van der Waals surface area (Å²) in [6, 6.07) is 2.25. The average molecular weight is 277 g/mol. The van der Waals surface area contributed by atoms with E-state index in [0.717, 1.165) is 12.1 Å². The Hall–Kier alpha value is -2.12. The quantitative estimate of drug-likeness (QED) is 0.482. The summed E-state index contributed by atoms with van der Waals surface area (Å²) in [5.74, 6) is -0.818. The summed E-state index contributed by atoms with van der Waals surface area (Å²) >= 11 is 0. The summed E-state index contributed by atoms with van der Waals surface area (Å²) < 4.78 is 42.8. The number of nitrogens with zero attached hydrogens (tertiary/aromatic N) is 1. The van der Waals surface area contributed by atoms with Crippen LogP contribution < -0.4 is 0 Å². The van der Waals surface area contributed by atoms with E-state index in [1.54, 1.807) is 0 Å². The molecule has 0 aliphatic heterocycles. The van der Waals surface area contributed by atoms with Crippen molar-refractivity contribution in [3.8, 4) is 0 Å². The van der Waals surface area contributed by atoms with Gasteiger partial charge in [0.05, 0.1) is 23.5 Å². The number of nitro benzene ring substituents is 1. The predicted octanol–water partition coefficient (Wildman–Crippen LogP) is 2.72. The van der Waals surface area contributed by atoms with Gasteiger partial charge in [-0.15, -0.1) is 0 Å². The molecule has 5 nitrogen and oxygen atoms in total. The highest BCUT2D eigenvalue weighted by atomic mass is 19.4. The zero-order valence-corrected chi connectivity index (χ0v) is 9.86. The molecule has 0 aliphatic carbocycles. The highest BCUT2D eigenvalue weighted by Gasteiger charge is 2.35. The van der Waals surface area contributed by atoms with Crippen molar-refractivity contribution >= 4 is 11.7 Å². The number of esters is 1. The van der Waals surface area contributed by atoms with Crippen LogP contribution in [0.2, 0.25) is 0 Å². The van der Waals surface area contributed by atoms with E-state index in [1.165, 1.54) is 6.92 Å². The van der Waals surface area contributed by atoms with Gasteiger partial charge in [0.1, 0.15) is 0 Å². The maximum Gasteiger partial charge on any atom is 0.416 e. The van der Waals surface area contributed by atoms with E-state index in [4.69, 9.17) is 0 Å². The number of halogens is 3. The van der Waals surface area contributed by atoms with E-state index in [1.807, 2.05) is 0 Å². The van der Waals surface area contributed by atoms with Crippen LogP contribution in [-0.2, 0) is 22.1 Å². The lowest BCUT2D eigenvalue weighted by molar-refractivity contribution is -0.385. The highest BCUT2D eigenvalue weighted by molar-refractivity contribution is 5.73. The van der Waals surface area contributed by atoms with Gasteiger partial charge in [-0.2, -0.15) is 13.2 Å². The van der Waals surface area contributed by atoms with Crippen LogP contribution in [0.15, 0.2) is 18.2 Å². The molecule has 0 fully saturated rings. The average Bonchev–Trinajstić information content (AvgIpc) is 2.27. The molecule has 0 spiro atoms. The second kappa shape index (κ2) is 5.68. The van der Waals surface area contributed by atoms with Crippen molar-refractivity contribution in [3.05, 3.63) is 39.4 Å². The smallest absolute Gasteiger partial charge is 0.416 e. The number of hydrogen-bond acceptors (Lipinski definition) is 4. The van der Waals surface area contributed by atoms with Gasteiger partial charge in [0.25, 0.3) is 5.69 Å². The molecule has 0 aliphatic rings. The first kappa shape index (κ1) is 14.9. The number of ether oxygens (including phenoxy) is 1. The first-order valence-corrected chi connectivity index (χ1v) is 5.25. The third-order valence-corrected chi connectivity index (χ3v) is 2.25. The minimum Gasteiger partial charge on any atom is -0.466 e. The molecule has 0 N–H and O–H groups in total. The van der Waals surface area contributed by atoms with Crippen LogP contribution in [0, 0.1) is 10.1 Å². The summed E-state index contributed by atoms with van der Waals surface area (Å²) in [4.78, 5) is 20.7. The molecule has 0 aromatic heterocycles. The van der Waals surface area contributed by atoms with Gasteiger partial charge in [0, 0.05) is 12.1 Å². The summed E-state index contributed by atoms with van der Waals surface area (Å²) in [6.45, 7) is 1.57. The Morgan fingerprint density at radius 1 is 1.42 bits per heavy atom. The molecule has 1 aromatic carbocycles.